The summed E-state index contributed by atoms with van der Waals surface area (Å²) in [6, 6.07) is 3.63. The van der Waals surface area contributed by atoms with E-state index in [-0.39, 0.29) is 0 Å². The van der Waals surface area contributed by atoms with Crippen molar-refractivity contribution in [2.45, 2.75) is 0 Å². The second kappa shape index (κ2) is 3.18. The summed E-state index contributed by atoms with van der Waals surface area (Å²) in [7, 11) is 1.67. The number of aliphatic imine (C=N–C) groups is 1. The third kappa shape index (κ3) is 1.33. The predicted octanol–water partition coefficient (Wildman–Crippen LogP) is 0.194. The highest BCUT2D eigenvalue weighted by Gasteiger charge is 2.01. The lowest BCUT2D eigenvalue weighted by molar-refractivity contribution is 0.938. The molecule has 0 atom stereocenters. The first-order valence-electron chi connectivity index (χ1n) is 3.75. The molecule has 13 heavy (non-hydrogen) atoms. The average molecular weight is 176 g/mol. The van der Waals surface area contributed by atoms with Gasteiger partial charge in [0.25, 0.3) is 5.95 Å². The Labute approximate surface area is 74.3 Å². The fraction of sp³-hybridized carbons (Fsp3) is 0.143. The topological polar surface area (TPSA) is 67.5 Å². The van der Waals surface area contributed by atoms with Crippen LogP contribution in [0.25, 0.3) is 5.65 Å². The molecule has 66 valence electrons. The fourth-order valence-corrected chi connectivity index (χ4v) is 0.956. The molecule has 0 saturated heterocycles. The highest BCUT2D eigenvalue weighted by molar-refractivity contribution is 5.72. The maximum Gasteiger partial charge on any atom is 0.251 e. The van der Waals surface area contributed by atoms with Crippen LogP contribution in [0.1, 0.15) is 0 Å². The average Bonchev–Trinajstić information content (AvgIpc) is 2.58. The van der Waals surface area contributed by atoms with Crippen molar-refractivity contribution in [2.24, 2.45) is 4.99 Å². The van der Waals surface area contributed by atoms with Gasteiger partial charge in [-0.2, -0.15) is 9.61 Å². The number of aromatic nitrogens is 4. The Bertz CT molecular complexity index is 431. The number of hydrogen-bond acceptors (Lipinski definition) is 4. The molecular formula is C7H8N6. The van der Waals surface area contributed by atoms with Gasteiger partial charge in [-0.1, -0.05) is 0 Å². The Hall–Kier alpha value is -1.98. The summed E-state index contributed by atoms with van der Waals surface area (Å²) in [6.07, 6.45) is 3.20. The third-order valence-corrected chi connectivity index (χ3v) is 1.50. The molecule has 6 heteroatoms. The second-order valence-electron chi connectivity index (χ2n) is 2.35. The first-order valence-corrected chi connectivity index (χ1v) is 3.75. The van der Waals surface area contributed by atoms with Crippen molar-refractivity contribution in [3.05, 3.63) is 18.3 Å². The molecule has 0 spiro atoms. The van der Waals surface area contributed by atoms with E-state index in [0.29, 0.717) is 11.6 Å². The lowest BCUT2D eigenvalue weighted by Gasteiger charge is -1.94. The van der Waals surface area contributed by atoms with Crippen molar-refractivity contribution in [3.63, 3.8) is 0 Å². The van der Waals surface area contributed by atoms with Crippen LogP contribution in [0.15, 0.2) is 23.3 Å². The summed E-state index contributed by atoms with van der Waals surface area (Å²) in [6.45, 7) is 0. The zero-order valence-electron chi connectivity index (χ0n) is 7.05. The van der Waals surface area contributed by atoms with Gasteiger partial charge >= 0.3 is 0 Å². The molecule has 2 aromatic rings. The fourth-order valence-electron chi connectivity index (χ4n) is 0.956. The minimum absolute atomic E-state index is 0.557. The molecule has 0 unspecified atom stereocenters. The Morgan fingerprint density at radius 3 is 3.31 bits per heavy atom. The van der Waals surface area contributed by atoms with Gasteiger partial charge in [-0.15, -0.1) is 10.2 Å². The van der Waals surface area contributed by atoms with Crippen molar-refractivity contribution in [2.75, 3.05) is 12.4 Å². The zero-order chi connectivity index (χ0) is 9.10. The van der Waals surface area contributed by atoms with Crippen LogP contribution in [0.3, 0.4) is 0 Å². The van der Waals surface area contributed by atoms with Crippen molar-refractivity contribution in [1.29, 1.82) is 0 Å². The minimum Gasteiger partial charge on any atom is -0.314 e. The zero-order valence-corrected chi connectivity index (χ0v) is 7.05. The van der Waals surface area contributed by atoms with Crippen LogP contribution in [0.5, 0.6) is 0 Å². The molecule has 0 aliphatic carbocycles. The van der Waals surface area contributed by atoms with Crippen molar-refractivity contribution >= 4 is 17.9 Å². The number of nitrogens with one attached hydrogen (secondary N) is 1. The van der Waals surface area contributed by atoms with Gasteiger partial charge < -0.3 is 5.32 Å². The van der Waals surface area contributed by atoms with Gasteiger partial charge in [-0.05, 0) is 12.1 Å². The van der Waals surface area contributed by atoms with E-state index in [1.54, 1.807) is 17.8 Å². The van der Waals surface area contributed by atoms with E-state index in [1.807, 2.05) is 12.1 Å². The van der Waals surface area contributed by atoms with Crippen LogP contribution < -0.4 is 5.32 Å². The number of rotatable bonds is 2. The maximum absolute atomic E-state index is 4.06. The summed E-state index contributed by atoms with van der Waals surface area (Å²) < 4.78 is 1.60. The Morgan fingerprint density at radius 1 is 1.54 bits per heavy atom. The van der Waals surface area contributed by atoms with E-state index < -0.39 is 0 Å². The van der Waals surface area contributed by atoms with Crippen molar-refractivity contribution in [1.82, 2.24) is 19.8 Å². The number of nitrogens with zero attached hydrogens (tertiary/aromatic N) is 5. The number of fused-ring (bicyclic) bond motifs is 1. The highest BCUT2D eigenvalue weighted by atomic mass is 15.4. The van der Waals surface area contributed by atoms with Crippen LogP contribution in [0.4, 0.5) is 5.95 Å². The van der Waals surface area contributed by atoms with Crippen LogP contribution >= 0.6 is 0 Å². The van der Waals surface area contributed by atoms with Gasteiger partial charge in [-0.25, -0.2) is 0 Å². The van der Waals surface area contributed by atoms with Crippen molar-refractivity contribution < 1.29 is 0 Å². The molecule has 0 aliphatic rings. The molecule has 0 saturated carbocycles. The minimum atomic E-state index is 0.557. The molecule has 2 heterocycles. The van der Waals surface area contributed by atoms with Gasteiger partial charge in [0.15, 0.2) is 5.65 Å². The molecule has 0 aliphatic heterocycles. The summed E-state index contributed by atoms with van der Waals surface area (Å²) in [4.78, 5) is 3.77. The van der Waals surface area contributed by atoms with Gasteiger partial charge in [-0.3, -0.25) is 4.99 Å². The van der Waals surface area contributed by atoms with Crippen LogP contribution in [0, 0.1) is 0 Å². The molecule has 0 amide bonds. The van der Waals surface area contributed by atoms with Crippen LogP contribution in [-0.2, 0) is 0 Å². The first kappa shape index (κ1) is 7.66. The first-order chi connectivity index (χ1) is 6.42. The molecule has 2 aromatic heterocycles. The molecule has 0 radical (unpaired) electrons. The van der Waals surface area contributed by atoms with E-state index in [4.69, 9.17) is 0 Å². The lowest BCUT2D eigenvalue weighted by atomic mass is 10.6. The molecule has 0 aromatic carbocycles. The lowest BCUT2D eigenvalue weighted by Crippen LogP contribution is -2.01. The van der Waals surface area contributed by atoms with Gasteiger partial charge in [0.1, 0.15) is 0 Å². The summed E-state index contributed by atoms with van der Waals surface area (Å²) >= 11 is 0. The SMILES string of the molecule is CN=CNc1nnc2cccnn12. The molecule has 0 bridgehead atoms. The van der Waals surface area contributed by atoms with Gasteiger partial charge in [0, 0.05) is 13.2 Å². The molecule has 0 fully saturated rings. The molecule has 6 nitrogen and oxygen atoms in total. The highest BCUT2D eigenvalue weighted by Crippen LogP contribution is 2.03. The Morgan fingerprint density at radius 2 is 2.46 bits per heavy atom. The Kier molecular flexibility index (Phi) is 1.87. The molecular weight excluding hydrogens is 168 g/mol. The number of anilines is 1. The maximum atomic E-state index is 4.06. The standard InChI is InChI=1S/C7H8N6/c1-8-5-9-7-12-11-6-3-2-4-10-13(6)7/h2-5H,1H3,(H,8,9,12). The monoisotopic (exact) mass is 176 g/mol. The van der Waals surface area contributed by atoms with Crippen molar-refractivity contribution in [3.8, 4) is 0 Å². The quantitative estimate of drug-likeness (QED) is 0.524. The molecule has 2 rings (SSSR count). The van der Waals surface area contributed by atoms with E-state index >= 15 is 0 Å². The van der Waals surface area contributed by atoms with Crippen LogP contribution in [-0.4, -0.2) is 33.2 Å². The van der Waals surface area contributed by atoms with Gasteiger partial charge in [0.05, 0.1) is 6.34 Å². The van der Waals surface area contributed by atoms with E-state index in [0.717, 1.165) is 0 Å². The molecule has 1 N–H and O–H groups in total. The third-order valence-electron chi connectivity index (χ3n) is 1.50. The van der Waals surface area contributed by atoms with E-state index in [9.17, 15) is 0 Å². The summed E-state index contributed by atoms with van der Waals surface area (Å²) in [5.41, 5.74) is 0.703. The number of hydrogen-bond donors (Lipinski definition) is 1. The van der Waals surface area contributed by atoms with Crippen LogP contribution in [0.2, 0.25) is 0 Å². The Balaban J connectivity index is 2.45. The van der Waals surface area contributed by atoms with Gasteiger partial charge in [0.2, 0.25) is 0 Å². The largest absolute Gasteiger partial charge is 0.314 e. The summed E-state index contributed by atoms with van der Waals surface area (Å²) in [5, 5.41) is 14.7. The summed E-state index contributed by atoms with van der Waals surface area (Å²) in [5.74, 6) is 0.557. The second-order valence-corrected chi connectivity index (χ2v) is 2.35. The normalized spacial score (nSPS) is 11.2. The van der Waals surface area contributed by atoms with E-state index in [1.165, 1.54) is 6.34 Å². The predicted molar refractivity (Wildman–Crippen MR) is 48.8 cm³/mol. The van der Waals surface area contributed by atoms with E-state index in [2.05, 4.69) is 25.6 Å². The smallest absolute Gasteiger partial charge is 0.251 e.